The molecule has 10 rings (SSSR count). The Balaban J connectivity index is 1.22. The highest BCUT2D eigenvalue weighted by molar-refractivity contribution is 7.26. The van der Waals surface area contributed by atoms with E-state index in [1.54, 1.807) is 0 Å². The summed E-state index contributed by atoms with van der Waals surface area (Å²) in [6.45, 7) is 0. The number of benzene rings is 8. The Kier molecular flexibility index (Phi) is 6.39. The van der Waals surface area contributed by atoms with Gasteiger partial charge in [-0.3, -0.25) is 0 Å². The molecular formula is C46H29NOS. The van der Waals surface area contributed by atoms with Crippen molar-refractivity contribution < 1.29 is 4.42 Å². The predicted octanol–water partition coefficient (Wildman–Crippen LogP) is 13.9. The van der Waals surface area contributed by atoms with Crippen LogP contribution in [-0.4, -0.2) is 0 Å². The van der Waals surface area contributed by atoms with Crippen molar-refractivity contribution in [1.29, 1.82) is 0 Å². The van der Waals surface area contributed by atoms with E-state index < -0.39 is 0 Å². The number of anilines is 3. The summed E-state index contributed by atoms with van der Waals surface area (Å²) < 4.78 is 8.82. The van der Waals surface area contributed by atoms with Crippen LogP contribution in [0.5, 0.6) is 0 Å². The van der Waals surface area contributed by atoms with Crippen molar-refractivity contribution in [2.24, 2.45) is 0 Å². The molecule has 0 radical (unpaired) electrons. The lowest BCUT2D eigenvalue weighted by atomic mass is 9.94. The third-order valence-electron chi connectivity index (χ3n) is 9.66. The van der Waals surface area contributed by atoms with Gasteiger partial charge in [0.1, 0.15) is 11.2 Å². The van der Waals surface area contributed by atoms with Crippen LogP contribution in [0, 0.1) is 0 Å². The van der Waals surface area contributed by atoms with Crippen molar-refractivity contribution in [3.05, 3.63) is 176 Å². The summed E-state index contributed by atoms with van der Waals surface area (Å²) in [7, 11) is 0. The number of fused-ring (bicyclic) bond motifs is 7. The molecular weight excluding hydrogens is 615 g/mol. The molecule has 49 heavy (non-hydrogen) atoms. The molecule has 3 heteroatoms. The van der Waals surface area contributed by atoms with Gasteiger partial charge in [-0.25, -0.2) is 0 Å². The Hall–Kier alpha value is -6.16. The number of hydrogen-bond donors (Lipinski definition) is 0. The second-order valence-corrected chi connectivity index (χ2v) is 13.5. The van der Waals surface area contributed by atoms with Crippen molar-refractivity contribution in [2.75, 3.05) is 4.90 Å². The largest absolute Gasteiger partial charge is 0.456 e. The minimum absolute atomic E-state index is 0.890. The summed E-state index contributed by atoms with van der Waals surface area (Å²) >= 11 is 1.86. The van der Waals surface area contributed by atoms with Gasteiger partial charge in [0, 0.05) is 37.5 Å². The molecule has 0 aliphatic carbocycles. The van der Waals surface area contributed by atoms with Crippen LogP contribution in [-0.2, 0) is 0 Å². The van der Waals surface area contributed by atoms with Gasteiger partial charge in [-0.2, -0.15) is 0 Å². The zero-order chi connectivity index (χ0) is 32.3. The fourth-order valence-electron chi connectivity index (χ4n) is 7.41. The maximum atomic E-state index is 6.27. The van der Waals surface area contributed by atoms with Gasteiger partial charge in [0.05, 0.1) is 16.1 Å². The highest BCUT2D eigenvalue weighted by atomic mass is 32.1. The van der Waals surface area contributed by atoms with E-state index in [1.165, 1.54) is 53.2 Å². The molecule has 0 aliphatic heterocycles. The summed E-state index contributed by atoms with van der Waals surface area (Å²) in [6, 6.07) is 63.3. The normalized spacial score (nSPS) is 11.7. The Labute approximate surface area is 287 Å². The first-order valence-corrected chi connectivity index (χ1v) is 17.4. The second kappa shape index (κ2) is 11.2. The Morgan fingerprint density at radius 1 is 0.408 bits per heavy atom. The lowest BCUT2D eigenvalue weighted by Crippen LogP contribution is -2.11. The van der Waals surface area contributed by atoms with Crippen LogP contribution in [0.1, 0.15) is 0 Å². The smallest absolute Gasteiger partial charge is 0.135 e. The van der Waals surface area contributed by atoms with Gasteiger partial charge in [-0.15, -0.1) is 11.3 Å². The van der Waals surface area contributed by atoms with Gasteiger partial charge in [0.2, 0.25) is 0 Å². The molecule has 0 aliphatic rings. The molecule has 10 aromatic rings. The van der Waals surface area contributed by atoms with Gasteiger partial charge in [-0.05, 0) is 76.0 Å². The van der Waals surface area contributed by atoms with E-state index in [9.17, 15) is 0 Å². The van der Waals surface area contributed by atoms with Crippen LogP contribution in [0.25, 0.3) is 75.1 Å². The minimum atomic E-state index is 0.890. The Morgan fingerprint density at radius 2 is 1.04 bits per heavy atom. The average molecular weight is 644 g/mol. The molecule has 2 nitrogen and oxygen atoms in total. The number of hydrogen-bond acceptors (Lipinski definition) is 3. The zero-order valence-electron chi connectivity index (χ0n) is 26.5. The van der Waals surface area contributed by atoms with Crippen molar-refractivity contribution in [3.63, 3.8) is 0 Å². The lowest BCUT2D eigenvalue weighted by molar-refractivity contribution is 0.669. The molecule has 2 heterocycles. The molecule has 0 saturated heterocycles. The lowest BCUT2D eigenvalue weighted by Gasteiger charge is -2.28. The zero-order valence-corrected chi connectivity index (χ0v) is 27.3. The highest BCUT2D eigenvalue weighted by Crippen LogP contribution is 2.48. The van der Waals surface area contributed by atoms with E-state index in [2.05, 4.69) is 169 Å². The quantitative estimate of drug-likeness (QED) is 0.186. The van der Waals surface area contributed by atoms with E-state index in [-0.39, 0.29) is 0 Å². The van der Waals surface area contributed by atoms with Gasteiger partial charge >= 0.3 is 0 Å². The number of nitrogens with zero attached hydrogens (tertiary/aromatic N) is 1. The molecule has 0 fully saturated rings. The van der Waals surface area contributed by atoms with Crippen LogP contribution in [0.3, 0.4) is 0 Å². The number of furan rings is 1. The maximum Gasteiger partial charge on any atom is 0.135 e. The number of rotatable bonds is 5. The third-order valence-corrected chi connectivity index (χ3v) is 10.9. The number of para-hydroxylation sites is 2. The van der Waals surface area contributed by atoms with Crippen LogP contribution >= 0.6 is 11.3 Å². The molecule has 8 aromatic carbocycles. The summed E-state index contributed by atoms with van der Waals surface area (Å²) in [5.74, 6) is 0. The van der Waals surface area contributed by atoms with Crippen molar-refractivity contribution in [3.8, 4) is 22.3 Å². The van der Waals surface area contributed by atoms with E-state index in [0.29, 0.717) is 0 Å². The predicted molar refractivity (Wildman–Crippen MR) is 210 cm³/mol. The second-order valence-electron chi connectivity index (χ2n) is 12.5. The van der Waals surface area contributed by atoms with Crippen molar-refractivity contribution in [1.82, 2.24) is 0 Å². The van der Waals surface area contributed by atoms with Gasteiger partial charge in [0.15, 0.2) is 0 Å². The molecule has 0 bridgehead atoms. The van der Waals surface area contributed by atoms with Crippen LogP contribution < -0.4 is 4.90 Å². The van der Waals surface area contributed by atoms with Crippen LogP contribution in [0.15, 0.2) is 180 Å². The minimum Gasteiger partial charge on any atom is -0.456 e. The first-order chi connectivity index (χ1) is 24.3. The summed E-state index contributed by atoms with van der Waals surface area (Å²) in [5.41, 5.74) is 9.93. The van der Waals surface area contributed by atoms with E-state index >= 15 is 0 Å². The SMILES string of the molecule is c1cc(-c2ccccc2N(c2ccc3oc4ccccc4c3c2)c2cccc3c2sc2ccccc23)cc(-c2cccc3ccccc23)c1. The van der Waals surface area contributed by atoms with E-state index in [1.807, 2.05) is 23.5 Å². The molecule has 0 saturated carbocycles. The standard InChI is InChI=1S/C46H29NOS/c1-2-16-34-30(12-1)13-10-20-35(34)31-14-9-15-32(28-31)36-17-3-6-22-41(36)47(33-26-27-44-40(29-33)37-18-4-7-24-43(37)48-44)42-23-11-21-39-38-19-5-8-25-45(38)49-46(39)42/h1-29H. The fourth-order valence-corrected chi connectivity index (χ4v) is 8.62. The first-order valence-electron chi connectivity index (χ1n) is 16.6. The van der Waals surface area contributed by atoms with E-state index in [4.69, 9.17) is 4.42 Å². The maximum absolute atomic E-state index is 6.27. The molecule has 0 amide bonds. The highest BCUT2D eigenvalue weighted by Gasteiger charge is 2.22. The molecule has 2 aromatic heterocycles. The first kappa shape index (κ1) is 27.9. The van der Waals surface area contributed by atoms with Crippen molar-refractivity contribution in [2.45, 2.75) is 0 Å². The Morgan fingerprint density at radius 3 is 1.98 bits per heavy atom. The summed E-state index contributed by atoms with van der Waals surface area (Å²) in [5, 5.41) is 7.29. The molecule has 0 N–H and O–H groups in total. The van der Waals surface area contributed by atoms with Gasteiger partial charge in [-0.1, -0.05) is 127 Å². The molecule has 0 spiro atoms. The molecule has 0 atom stereocenters. The summed E-state index contributed by atoms with van der Waals surface area (Å²) in [6.07, 6.45) is 0. The topological polar surface area (TPSA) is 16.4 Å². The van der Waals surface area contributed by atoms with Gasteiger partial charge < -0.3 is 9.32 Å². The van der Waals surface area contributed by atoms with Gasteiger partial charge in [0.25, 0.3) is 0 Å². The Bertz CT molecular complexity index is 2850. The molecule has 0 unspecified atom stereocenters. The molecule has 230 valence electrons. The average Bonchev–Trinajstić information content (AvgIpc) is 3.74. The number of thiophene rings is 1. The van der Waals surface area contributed by atoms with E-state index in [0.717, 1.165) is 39.0 Å². The van der Waals surface area contributed by atoms with Crippen LogP contribution in [0.4, 0.5) is 17.1 Å². The van der Waals surface area contributed by atoms with Crippen molar-refractivity contribution >= 4 is 81.3 Å². The summed E-state index contributed by atoms with van der Waals surface area (Å²) in [4.78, 5) is 2.44. The third kappa shape index (κ3) is 4.55. The fraction of sp³-hybridized carbons (Fsp3) is 0. The monoisotopic (exact) mass is 643 g/mol. The van der Waals surface area contributed by atoms with Crippen LogP contribution in [0.2, 0.25) is 0 Å².